The Labute approximate surface area is 161 Å². The highest BCUT2D eigenvalue weighted by Crippen LogP contribution is 2.24. The third-order valence-corrected chi connectivity index (χ3v) is 8.03. The molecule has 0 radical (unpaired) electrons. The van der Waals surface area contributed by atoms with Gasteiger partial charge in [0.15, 0.2) is 4.34 Å². The van der Waals surface area contributed by atoms with Gasteiger partial charge in [0.25, 0.3) is 0 Å². The first-order valence-corrected chi connectivity index (χ1v) is 11.3. The first-order chi connectivity index (χ1) is 12.3. The van der Waals surface area contributed by atoms with Crippen LogP contribution in [0.4, 0.5) is 0 Å². The molecular formula is C16H20N4O3S3. The van der Waals surface area contributed by atoms with Crippen LogP contribution >= 0.6 is 23.1 Å². The number of hydrogen-bond donors (Lipinski definition) is 0. The van der Waals surface area contributed by atoms with E-state index in [1.165, 1.54) is 27.4 Å². The fraction of sp³-hybridized carbons (Fsp3) is 0.438. The summed E-state index contributed by atoms with van der Waals surface area (Å²) < 4.78 is 27.7. The van der Waals surface area contributed by atoms with Gasteiger partial charge in [-0.1, -0.05) is 29.2 Å². The third kappa shape index (κ3) is 4.08. The molecule has 1 fully saturated rings. The number of carbonyl (C=O) groups excluding carboxylic acids is 1. The number of sulfonamides is 1. The number of hydrogen-bond acceptors (Lipinski definition) is 7. The smallest absolute Gasteiger partial charge is 0.244 e. The highest BCUT2D eigenvalue weighted by atomic mass is 32.2. The second-order valence-corrected chi connectivity index (χ2v) is 10.4. The molecule has 1 aromatic carbocycles. The summed E-state index contributed by atoms with van der Waals surface area (Å²) in [4.78, 5) is 14.2. The van der Waals surface area contributed by atoms with Gasteiger partial charge in [0.1, 0.15) is 5.01 Å². The Balaban J connectivity index is 1.63. The van der Waals surface area contributed by atoms with E-state index in [-0.39, 0.29) is 23.2 Å². The van der Waals surface area contributed by atoms with Gasteiger partial charge in [-0.15, -0.1) is 10.2 Å². The molecule has 0 atom stereocenters. The lowest BCUT2D eigenvalue weighted by Crippen LogP contribution is -2.34. The molecule has 1 amide bonds. The lowest BCUT2D eigenvalue weighted by Gasteiger charge is -2.18. The van der Waals surface area contributed by atoms with E-state index in [4.69, 9.17) is 0 Å². The highest BCUT2D eigenvalue weighted by molar-refractivity contribution is 8.01. The maximum atomic E-state index is 12.8. The van der Waals surface area contributed by atoms with Crippen molar-refractivity contribution in [2.75, 3.05) is 25.5 Å². The average molecular weight is 413 g/mol. The fourth-order valence-corrected chi connectivity index (χ4v) is 5.73. The number of benzene rings is 1. The van der Waals surface area contributed by atoms with Crippen molar-refractivity contribution in [1.82, 2.24) is 19.4 Å². The van der Waals surface area contributed by atoms with Crippen molar-refractivity contribution in [3.8, 4) is 0 Å². The van der Waals surface area contributed by atoms with Crippen molar-refractivity contribution < 1.29 is 13.2 Å². The van der Waals surface area contributed by atoms with Gasteiger partial charge in [-0.25, -0.2) is 8.42 Å². The molecule has 0 unspecified atom stereocenters. The summed E-state index contributed by atoms with van der Waals surface area (Å²) in [5.41, 5.74) is 1.98. The van der Waals surface area contributed by atoms with Gasteiger partial charge < -0.3 is 4.90 Å². The summed E-state index contributed by atoms with van der Waals surface area (Å²) in [5, 5.41) is 8.75. The number of nitrogens with zero attached hydrogens (tertiary/aromatic N) is 4. The van der Waals surface area contributed by atoms with Crippen LogP contribution in [-0.2, 0) is 14.8 Å². The van der Waals surface area contributed by atoms with E-state index in [0.717, 1.165) is 20.5 Å². The van der Waals surface area contributed by atoms with Crippen LogP contribution in [0.15, 0.2) is 27.4 Å². The quantitative estimate of drug-likeness (QED) is 0.699. The molecule has 26 heavy (non-hydrogen) atoms. The molecule has 0 aliphatic carbocycles. The van der Waals surface area contributed by atoms with Gasteiger partial charge in [0.05, 0.1) is 17.3 Å². The molecule has 0 spiro atoms. The zero-order valence-corrected chi connectivity index (χ0v) is 17.2. The predicted molar refractivity (Wildman–Crippen MR) is 102 cm³/mol. The van der Waals surface area contributed by atoms with E-state index in [1.54, 1.807) is 17.0 Å². The molecule has 140 valence electrons. The van der Waals surface area contributed by atoms with E-state index in [0.29, 0.717) is 13.1 Å². The van der Waals surface area contributed by atoms with Gasteiger partial charge in [-0.3, -0.25) is 4.79 Å². The second kappa shape index (κ2) is 7.63. The summed E-state index contributed by atoms with van der Waals surface area (Å²) in [7, 11) is -3.60. The van der Waals surface area contributed by atoms with Crippen molar-refractivity contribution >= 4 is 39.0 Å². The lowest BCUT2D eigenvalue weighted by molar-refractivity contribution is -0.127. The molecule has 7 nitrogen and oxygen atoms in total. The number of thioether (sulfide) groups is 1. The zero-order valence-electron chi connectivity index (χ0n) is 14.8. The number of aryl methyl sites for hydroxylation is 3. The Hall–Kier alpha value is -1.49. The van der Waals surface area contributed by atoms with Crippen LogP contribution in [0.3, 0.4) is 0 Å². The minimum Gasteiger partial charge on any atom is -0.327 e. The maximum Gasteiger partial charge on any atom is 0.244 e. The standard InChI is InChI=1S/C16H20N4O3S3/c1-11-4-5-14(8-12(11)2)26(22,23)20-7-6-19(10-20)15(21)9-24-16-18-17-13(3)25-16/h4-5,8H,6-7,9-10H2,1-3H3. The van der Waals surface area contributed by atoms with Crippen LogP contribution in [0.2, 0.25) is 0 Å². The van der Waals surface area contributed by atoms with E-state index >= 15 is 0 Å². The van der Waals surface area contributed by atoms with Crippen LogP contribution in [0.25, 0.3) is 0 Å². The van der Waals surface area contributed by atoms with Crippen LogP contribution in [-0.4, -0.2) is 59.2 Å². The Morgan fingerprint density at radius 1 is 1.19 bits per heavy atom. The molecule has 3 rings (SSSR count). The summed E-state index contributed by atoms with van der Waals surface area (Å²) in [6.45, 7) is 6.49. The van der Waals surface area contributed by atoms with Crippen molar-refractivity contribution in [3.05, 3.63) is 34.3 Å². The largest absolute Gasteiger partial charge is 0.327 e. The fourth-order valence-electron chi connectivity index (χ4n) is 2.54. The normalized spacial score (nSPS) is 15.6. The molecule has 0 bridgehead atoms. The van der Waals surface area contributed by atoms with E-state index in [9.17, 15) is 13.2 Å². The van der Waals surface area contributed by atoms with E-state index in [2.05, 4.69) is 10.2 Å². The summed E-state index contributed by atoms with van der Waals surface area (Å²) in [6.07, 6.45) is 0. The lowest BCUT2D eigenvalue weighted by atomic mass is 10.1. The van der Waals surface area contributed by atoms with Crippen LogP contribution in [0.1, 0.15) is 16.1 Å². The van der Waals surface area contributed by atoms with Crippen molar-refractivity contribution in [2.24, 2.45) is 0 Å². The summed E-state index contributed by atoms with van der Waals surface area (Å²) in [6, 6.07) is 5.11. The third-order valence-electron chi connectivity index (χ3n) is 4.24. The molecule has 2 aromatic rings. The molecule has 2 heterocycles. The molecular weight excluding hydrogens is 392 g/mol. The van der Waals surface area contributed by atoms with Crippen LogP contribution < -0.4 is 0 Å². The van der Waals surface area contributed by atoms with Crippen molar-refractivity contribution in [3.63, 3.8) is 0 Å². The van der Waals surface area contributed by atoms with Gasteiger partial charge in [0, 0.05) is 13.1 Å². The molecule has 1 aromatic heterocycles. The molecule has 0 N–H and O–H groups in total. The van der Waals surface area contributed by atoms with E-state index in [1.807, 2.05) is 26.8 Å². The van der Waals surface area contributed by atoms with Crippen molar-refractivity contribution in [1.29, 1.82) is 0 Å². The van der Waals surface area contributed by atoms with Gasteiger partial charge in [-0.05, 0) is 44.0 Å². The first-order valence-electron chi connectivity index (χ1n) is 8.05. The SMILES string of the molecule is Cc1nnc(SCC(=O)N2CCN(S(=O)(=O)c3ccc(C)c(C)c3)C2)s1. The van der Waals surface area contributed by atoms with Gasteiger partial charge in [-0.2, -0.15) is 4.31 Å². The maximum absolute atomic E-state index is 12.8. The minimum atomic E-state index is -3.60. The highest BCUT2D eigenvalue weighted by Gasteiger charge is 2.33. The number of amides is 1. The van der Waals surface area contributed by atoms with E-state index < -0.39 is 10.0 Å². The topological polar surface area (TPSA) is 83.5 Å². The van der Waals surface area contributed by atoms with Crippen LogP contribution in [0, 0.1) is 20.8 Å². The van der Waals surface area contributed by atoms with Gasteiger partial charge >= 0.3 is 0 Å². The zero-order chi connectivity index (χ0) is 18.9. The Bertz CT molecular complexity index is 927. The number of carbonyl (C=O) groups is 1. The minimum absolute atomic E-state index is 0.0871. The van der Waals surface area contributed by atoms with Crippen LogP contribution in [0.5, 0.6) is 0 Å². The molecule has 1 aliphatic rings. The first kappa shape index (κ1) is 19.3. The predicted octanol–water partition coefficient (Wildman–Crippen LogP) is 2.05. The Kier molecular flexibility index (Phi) is 5.66. The monoisotopic (exact) mass is 412 g/mol. The van der Waals surface area contributed by atoms with Gasteiger partial charge in [0.2, 0.25) is 15.9 Å². The number of aromatic nitrogens is 2. The molecule has 0 saturated carbocycles. The summed E-state index contributed by atoms with van der Waals surface area (Å²) >= 11 is 2.77. The average Bonchev–Trinajstić information content (AvgIpc) is 3.24. The Morgan fingerprint density at radius 2 is 1.96 bits per heavy atom. The molecule has 1 aliphatic heterocycles. The number of rotatable bonds is 5. The Morgan fingerprint density at radius 3 is 2.62 bits per heavy atom. The molecule has 1 saturated heterocycles. The second-order valence-electron chi connectivity index (χ2n) is 6.10. The molecule has 10 heteroatoms. The summed E-state index contributed by atoms with van der Waals surface area (Å²) in [5.74, 6) is 0.132. The van der Waals surface area contributed by atoms with Crippen molar-refractivity contribution in [2.45, 2.75) is 30.0 Å².